The Morgan fingerprint density at radius 2 is 2.21 bits per heavy atom. The molecule has 1 aromatic heterocycles. The maximum Gasteiger partial charge on any atom is 0.0579 e. The molecule has 0 aliphatic carbocycles. The van der Waals surface area contributed by atoms with Crippen LogP contribution in [0.5, 0.6) is 0 Å². The Kier molecular flexibility index (Phi) is 6.10. The lowest BCUT2D eigenvalue weighted by atomic mass is 10.2. The van der Waals surface area contributed by atoms with Gasteiger partial charge in [0.15, 0.2) is 0 Å². The van der Waals surface area contributed by atoms with Crippen molar-refractivity contribution in [3.63, 3.8) is 0 Å². The van der Waals surface area contributed by atoms with E-state index >= 15 is 0 Å². The quantitative estimate of drug-likeness (QED) is 0.606. The first kappa shape index (κ1) is 14.8. The van der Waals surface area contributed by atoms with Gasteiger partial charge in [-0.1, -0.05) is 0 Å². The van der Waals surface area contributed by atoms with Crippen molar-refractivity contribution in [2.24, 2.45) is 5.73 Å². The molecule has 4 nitrogen and oxygen atoms in total. The summed E-state index contributed by atoms with van der Waals surface area (Å²) in [6, 6.07) is 2.10. The number of piperazine rings is 1. The molecule has 0 radical (unpaired) electrons. The Labute approximate surface area is 120 Å². The molecule has 0 spiro atoms. The highest BCUT2D eigenvalue weighted by atomic mass is 32.2. The smallest absolute Gasteiger partial charge is 0.0579 e. The fourth-order valence-corrected chi connectivity index (χ4v) is 3.31. The molecule has 19 heavy (non-hydrogen) atoms. The minimum Gasteiger partial charge on any atom is -0.325 e. The third-order valence-electron chi connectivity index (χ3n) is 3.54. The van der Waals surface area contributed by atoms with Crippen LogP contribution in [-0.2, 0) is 6.54 Å². The van der Waals surface area contributed by atoms with Gasteiger partial charge in [-0.3, -0.25) is 4.98 Å². The highest BCUT2D eigenvalue weighted by Crippen LogP contribution is 2.24. The van der Waals surface area contributed by atoms with Gasteiger partial charge in [0.2, 0.25) is 0 Å². The molecule has 0 aromatic carbocycles. The second-order valence-electron chi connectivity index (χ2n) is 4.88. The number of hydrogen-bond acceptors (Lipinski definition) is 5. The summed E-state index contributed by atoms with van der Waals surface area (Å²) >= 11 is 1.93. The molecule has 2 heterocycles. The molecule has 106 valence electrons. The van der Waals surface area contributed by atoms with Crippen molar-refractivity contribution in [1.82, 2.24) is 15.2 Å². The number of nitrogens with one attached hydrogen (secondary N) is 1. The first-order valence-corrected chi connectivity index (χ1v) is 8.00. The molecule has 1 aliphatic rings. The lowest BCUT2D eigenvalue weighted by molar-refractivity contribution is 0.242. The summed E-state index contributed by atoms with van der Waals surface area (Å²) in [4.78, 5) is 8.18. The van der Waals surface area contributed by atoms with Crippen molar-refractivity contribution in [2.45, 2.75) is 24.8 Å². The van der Waals surface area contributed by atoms with Gasteiger partial charge in [0.25, 0.3) is 0 Å². The van der Waals surface area contributed by atoms with Crippen LogP contribution in [0.4, 0.5) is 0 Å². The minimum atomic E-state index is 0.529. The van der Waals surface area contributed by atoms with Crippen LogP contribution in [0.25, 0.3) is 0 Å². The van der Waals surface area contributed by atoms with Gasteiger partial charge in [-0.05, 0) is 37.3 Å². The van der Waals surface area contributed by atoms with E-state index in [1.165, 1.54) is 42.3 Å². The standard InChI is InChI=1S/C14H24N4S/c1-12-13(11-15)17-4-3-14(12)19-10-2-7-18-8-5-16-6-9-18/h3-4,16H,2,5-11,15H2,1H3. The van der Waals surface area contributed by atoms with Gasteiger partial charge in [-0.15, -0.1) is 11.8 Å². The zero-order chi connectivity index (χ0) is 13.5. The van der Waals surface area contributed by atoms with Gasteiger partial charge in [-0.2, -0.15) is 0 Å². The van der Waals surface area contributed by atoms with E-state index in [0.29, 0.717) is 6.54 Å². The first-order valence-electron chi connectivity index (χ1n) is 7.01. The Balaban J connectivity index is 1.73. The lowest BCUT2D eigenvalue weighted by Gasteiger charge is -2.26. The molecule has 0 atom stereocenters. The number of nitrogens with two attached hydrogens (primary N) is 1. The summed E-state index contributed by atoms with van der Waals surface area (Å²) in [6.45, 7) is 8.51. The van der Waals surface area contributed by atoms with E-state index in [1.807, 2.05) is 18.0 Å². The van der Waals surface area contributed by atoms with Crippen LogP contribution >= 0.6 is 11.8 Å². The Morgan fingerprint density at radius 1 is 1.42 bits per heavy atom. The van der Waals surface area contributed by atoms with Gasteiger partial charge < -0.3 is 16.0 Å². The lowest BCUT2D eigenvalue weighted by Crippen LogP contribution is -2.43. The fourth-order valence-electron chi connectivity index (χ4n) is 2.33. The number of pyridine rings is 1. The summed E-state index contributed by atoms with van der Waals surface area (Å²) in [5.74, 6) is 1.17. The van der Waals surface area contributed by atoms with Crippen LogP contribution in [0.15, 0.2) is 17.2 Å². The Hall–Kier alpha value is -0.620. The van der Waals surface area contributed by atoms with E-state index in [0.717, 1.165) is 18.8 Å². The highest BCUT2D eigenvalue weighted by molar-refractivity contribution is 7.99. The number of rotatable bonds is 6. The predicted octanol–water partition coefficient (Wildman–Crippen LogP) is 1.24. The van der Waals surface area contributed by atoms with E-state index in [2.05, 4.69) is 28.2 Å². The summed E-state index contributed by atoms with van der Waals surface area (Å²) in [5.41, 5.74) is 7.96. The molecule has 0 unspecified atom stereocenters. The molecular formula is C14H24N4S. The average Bonchev–Trinajstić information content (AvgIpc) is 2.46. The van der Waals surface area contributed by atoms with Gasteiger partial charge in [0.05, 0.1) is 5.69 Å². The summed E-state index contributed by atoms with van der Waals surface area (Å²) in [7, 11) is 0. The summed E-state index contributed by atoms with van der Waals surface area (Å²) < 4.78 is 0. The van der Waals surface area contributed by atoms with Crippen molar-refractivity contribution in [3.05, 3.63) is 23.5 Å². The van der Waals surface area contributed by atoms with E-state index in [1.54, 1.807) is 0 Å². The largest absolute Gasteiger partial charge is 0.325 e. The van der Waals surface area contributed by atoms with E-state index < -0.39 is 0 Å². The third kappa shape index (κ3) is 4.45. The van der Waals surface area contributed by atoms with Gasteiger partial charge >= 0.3 is 0 Å². The normalized spacial score (nSPS) is 16.7. The second-order valence-corrected chi connectivity index (χ2v) is 6.02. The van der Waals surface area contributed by atoms with E-state index in [4.69, 9.17) is 5.73 Å². The summed E-state index contributed by atoms with van der Waals surface area (Å²) in [5, 5.41) is 3.39. The van der Waals surface area contributed by atoms with Crippen LogP contribution in [0.2, 0.25) is 0 Å². The number of nitrogens with zero attached hydrogens (tertiary/aromatic N) is 2. The van der Waals surface area contributed by atoms with Crippen LogP contribution in [0, 0.1) is 6.92 Å². The fraction of sp³-hybridized carbons (Fsp3) is 0.643. The second kappa shape index (κ2) is 7.85. The molecule has 0 bridgehead atoms. The predicted molar refractivity (Wildman–Crippen MR) is 81.5 cm³/mol. The molecular weight excluding hydrogens is 256 g/mol. The molecule has 2 rings (SSSR count). The van der Waals surface area contributed by atoms with Gasteiger partial charge in [0, 0.05) is 43.8 Å². The number of thioether (sulfide) groups is 1. The highest BCUT2D eigenvalue weighted by Gasteiger charge is 2.09. The van der Waals surface area contributed by atoms with Crippen molar-refractivity contribution in [2.75, 3.05) is 38.5 Å². The van der Waals surface area contributed by atoms with Crippen LogP contribution in [0.1, 0.15) is 17.7 Å². The van der Waals surface area contributed by atoms with E-state index in [9.17, 15) is 0 Å². The van der Waals surface area contributed by atoms with Crippen molar-refractivity contribution >= 4 is 11.8 Å². The monoisotopic (exact) mass is 280 g/mol. The number of aromatic nitrogens is 1. The molecule has 3 N–H and O–H groups in total. The molecule has 1 fully saturated rings. The third-order valence-corrected chi connectivity index (χ3v) is 4.78. The van der Waals surface area contributed by atoms with Gasteiger partial charge in [-0.25, -0.2) is 0 Å². The maximum atomic E-state index is 5.69. The first-order chi connectivity index (χ1) is 9.31. The average molecular weight is 280 g/mol. The zero-order valence-corrected chi connectivity index (χ0v) is 12.5. The van der Waals surface area contributed by atoms with Crippen molar-refractivity contribution in [3.8, 4) is 0 Å². The Bertz CT molecular complexity index is 391. The number of hydrogen-bond donors (Lipinski definition) is 2. The molecule has 0 amide bonds. The van der Waals surface area contributed by atoms with Crippen LogP contribution in [-0.4, -0.2) is 48.4 Å². The summed E-state index contributed by atoms with van der Waals surface area (Å²) in [6.07, 6.45) is 3.11. The van der Waals surface area contributed by atoms with Crippen molar-refractivity contribution < 1.29 is 0 Å². The Morgan fingerprint density at radius 3 is 2.95 bits per heavy atom. The maximum absolute atomic E-state index is 5.69. The van der Waals surface area contributed by atoms with E-state index in [-0.39, 0.29) is 0 Å². The van der Waals surface area contributed by atoms with Gasteiger partial charge in [0.1, 0.15) is 0 Å². The van der Waals surface area contributed by atoms with Crippen LogP contribution in [0.3, 0.4) is 0 Å². The molecule has 0 saturated carbocycles. The topological polar surface area (TPSA) is 54.2 Å². The SMILES string of the molecule is Cc1c(SCCCN2CCNCC2)ccnc1CN. The molecule has 5 heteroatoms. The van der Waals surface area contributed by atoms with Crippen LogP contribution < -0.4 is 11.1 Å². The molecule has 1 saturated heterocycles. The zero-order valence-electron chi connectivity index (χ0n) is 11.7. The molecule has 1 aliphatic heterocycles. The van der Waals surface area contributed by atoms with Crippen molar-refractivity contribution in [1.29, 1.82) is 0 Å². The minimum absolute atomic E-state index is 0.529. The molecule has 1 aromatic rings.